The molecule has 0 unspecified atom stereocenters. The maximum atomic E-state index is 13.8. The highest BCUT2D eigenvalue weighted by Crippen LogP contribution is 2.30. The van der Waals surface area contributed by atoms with Gasteiger partial charge in [-0.1, -0.05) is 30.3 Å². The Balaban J connectivity index is 1.60. The molecule has 3 aromatic carbocycles. The second-order valence-electron chi connectivity index (χ2n) is 9.91. The summed E-state index contributed by atoms with van der Waals surface area (Å²) in [4.78, 5) is 49.5. The Bertz CT molecular complexity index is 1840. The van der Waals surface area contributed by atoms with E-state index < -0.39 is 35.2 Å². The zero-order chi connectivity index (χ0) is 30.7. The minimum absolute atomic E-state index is 0.0325. The minimum atomic E-state index is -4.50. The molecule has 11 heteroatoms. The molecule has 0 aliphatic heterocycles. The van der Waals surface area contributed by atoms with E-state index in [9.17, 15) is 32.7 Å². The molecule has 2 heterocycles. The molecule has 5 aromatic rings. The van der Waals surface area contributed by atoms with Gasteiger partial charge in [-0.2, -0.15) is 13.2 Å². The summed E-state index contributed by atoms with van der Waals surface area (Å²) in [7, 11) is 0. The van der Waals surface area contributed by atoms with Crippen molar-refractivity contribution in [2.45, 2.75) is 32.1 Å². The number of carboxylic acid groups (broad SMARTS) is 1. The molecule has 0 aliphatic rings. The highest BCUT2D eigenvalue weighted by molar-refractivity contribution is 5.87. The molecule has 0 bridgehead atoms. The van der Waals surface area contributed by atoms with Crippen molar-refractivity contribution < 1.29 is 27.9 Å². The van der Waals surface area contributed by atoms with Crippen molar-refractivity contribution in [3.05, 3.63) is 136 Å². The Labute approximate surface area is 243 Å². The van der Waals surface area contributed by atoms with Crippen LogP contribution in [-0.4, -0.2) is 36.4 Å². The third kappa shape index (κ3) is 6.30. The summed E-state index contributed by atoms with van der Waals surface area (Å²) in [5.41, 5.74) is 0.640. The standard InChI is InChI=1S/C32H25F3N4O4/c1-20(29-37-27-7-3-2-6-26(27)30(41)39(29)25-14-10-23(11-15-25)31(42)43)38(19-22-5-4-16-36-18-22)28(40)17-21-8-12-24(13-9-21)32(33,34)35/h2-16,18,20H,17,19H2,1H3,(H,42,43)/t20-/m1/s1. The molecule has 0 spiro atoms. The predicted molar refractivity (Wildman–Crippen MR) is 153 cm³/mol. The summed E-state index contributed by atoms with van der Waals surface area (Å²) in [5.74, 6) is -1.32. The maximum absolute atomic E-state index is 13.8. The lowest BCUT2D eigenvalue weighted by Crippen LogP contribution is -2.38. The topological polar surface area (TPSA) is 105 Å². The van der Waals surface area contributed by atoms with Gasteiger partial charge in [0.05, 0.1) is 40.2 Å². The van der Waals surface area contributed by atoms with E-state index in [0.29, 0.717) is 27.7 Å². The van der Waals surface area contributed by atoms with Crippen molar-refractivity contribution in [1.82, 2.24) is 19.4 Å². The number of hydrogen-bond donors (Lipinski definition) is 1. The van der Waals surface area contributed by atoms with Crippen LogP contribution >= 0.6 is 0 Å². The summed E-state index contributed by atoms with van der Waals surface area (Å²) in [5, 5.41) is 9.68. The summed E-state index contributed by atoms with van der Waals surface area (Å²) < 4.78 is 40.6. The first-order valence-corrected chi connectivity index (χ1v) is 13.2. The Morgan fingerprint density at radius 3 is 2.26 bits per heavy atom. The van der Waals surface area contributed by atoms with Gasteiger partial charge in [-0.3, -0.25) is 19.1 Å². The van der Waals surface area contributed by atoms with Gasteiger partial charge in [0.15, 0.2) is 0 Å². The highest BCUT2D eigenvalue weighted by Gasteiger charge is 2.31. The number of aromatic nitrogens is 3. The Morgan fingerprint density at radius 2 is 1.63 bits per heavy atom. The third-order valence-electron chi connectivity index (χ3n) is 7.05. The van der Waals surface area contributed by atoms with E-state index in [-0.39, 0.29) is 24.4 Å². The van der Waals surface area contributed by atoms with Gasteiger partial charge in [0.2, 0.25) is 5.91 Å². The number of rotatable bonds is 8. The zero-order valence-corrected chi connectivity index (χ0v) is 22.8. The number of para-hydroxylation sites is 1. The average Bonchev–Trinajstić information content (AvgIpc) is 3.00. The number of hydrogen-bond acceptors (Lipinski definition) is 5. The number of carbonyl (C=O) groups excluding carboxylic acids is 1. The lowest BCUT2D eigenvalue weighted by Gasteiger charge is -2.31. The van der Waals surface area contributed by atoms with Gasteiger partial charge in [-0.05, 0) is 72.6 Å². The molecular formula is C32H25F3N4O4. The minimum Gasteiger partial charge on any atom is -0.478 e. The van der Waals surface area contributed by atoms with E-state index in [1.807, 2.05) is 0 Å². The van der Waals surface area contributed by atoms with Gasteiger partial charge in [-0.25, -0.2) is 9.78 Å². The Morgan fingerprint density at radius 1 is 0.930 bits per heavy atom. The molecule has 2 aromatic heterocycles. The highest BCUT2D eigenvalue weighted by atomic mass is 19.4. The number of halogens is 3. The summed E-state index contributed by atoms with van der Waals surface area (Å²) >= 11 is 0. The van der Waals surface area contributed by atoms with Gasteiger partial charge in [0.1, 0.15) is 5.82 Å². The molecular weight excluding hydrogens is 561 g/mol. The fourth-order valence-electron chi connectivity index (χ4n) is 4.79. The van der Waals surface area contributed by atoms with Crippen LogP contribution in [0, 0.1) is 0 Å². The molecule has 0 saturated heterocycles. The maximum Gasteiger partial charge on any atom is 0.416 e. The first-order valence-electron chi connectivity index (χ1n) is 13.2. The Hall–Kier alpha value is -5.32. The number of carboxylic acids is 1. The van der Waals surface area contributed by atoms with Crippen molar-refractivity contribution in [2.75, 3.05) is 0 Å². The van der Waals surface area contributed by atoms with Gasteiger partial charge < -0.3 is 10.0 Å². The number of fused-ring (bicyclic) bond motifs is 1. The van der Waals surface area contributed by atoms with Crippen LogP contribution < -0.4 is 5.56 Å². The number of alkyl halides is 3. The number of carbonyl (C=O) groups is 2. The van der Waals surface area contributed by atoms with Gasteiger partial charge in [0, 0.05) is 18.9 Å². The first kappa shape index (κ1) is 29.2. The number of aromatic carboxylic acids is 1. The predicted octanol–water partition coefficient (Wildman–Crippen LogP) is 5.83. The van der Waals surface area contributed by atoms with Crippen LogP contribution in [0.25, 0.3) is 16.6 Å². The van der Waals surface area contributed by atoms with Crippen LogP contribution in [0.3, 0.4) is 0 Å². The molecule has 0 radical (unpaired) electrons. The molecule has 1 atom stereocenters. The molecule has 0 fully saturated rings. The quantitative estimate of drug-likeness (QED) is 0.245. The Kier molecular flexibility index (Phi) is 8.07. The summed E-state index contributed by atoms with van der Waals surface area (Å²) in [6.45, 7) is 1.79. The van der Waals surface area contributed by atoms with E-state index in [2.05, 4.69) is 4.98 Å². The van der Waals surface area contributed by atoms with Crippen LogP contribution in [0.2, 0.25) is 0 Å². The van der Waals surface area contributed by atoms with Crippen molar-refractivity contribution in [3.8, 4) is 5.69 Å². The van der Waals surface area contributed by atoms with Gasteiger partial charge in [0.25, 0.3) is 5.56 Å². The normalized spacial score (nSPS) is 12.2. The molecule has 0 saturated carbocycles. The van der Waals surface area contributed by atoms with Crippen molar-refractivity contribution >= 4 is 22.8 Å². The van der Waals surface area contributed by atoms with E-state index >= 15 is 0 Å². The fraction of sp³-hybridized carbons (Fsp3) is 0.156. The monoisotopic (exact) mass is 586 g/mol. The molecule has 8 nitrogen and oxygen atoms in total. The number of benzene rings is 3. The third-order valence-corrected chi connectivity index (χ3v) is 7.05. The zero-order valence-electron chi connectivity index (χ0n) is 22.8. The second-order valence-corrected chi connectivity index (χ2v) is 9.91. The van der Waals surface area contributed by atoms with E-state index in [4.69, 9.17) is 4.98 Å². The molecule has 218 valence electrons. The van der Waals surface area contributed by atoms with Gasteiger partial charge in [-0.15, -0.1) is 0 Å². The van der Waals surface area contributed by atoms with Crippen molar-refractivity contribution in [3.63, 3.8) is 0 Å². The number of nitrogens with zero attached hydrogens (tertiary/aromatic N) is 4. The molecule has 1 amide bonds. The first-order chi connectivity index (χ1) is 20.5. The van der Waals surface area contributed by atoms with Crippen LogP contribution in [0.1, 0.15) is 45.8 Å². The van der Waals surface area contributed by atoms with Crippen LogP contribution in [0.15, 0.2) is 102 Å². The lowest BCUT2D eigenvalue weighted by molar-refractivity contribution is -0.137. The molecule has 1 N–H and O–H groups in total. The molecule has 43 heavy (non-hydrogen) atoms. The SMILES string of the molecule is C[C@H](c1nc2ccccc2c(=O)n1-c1ccc(C(=O)O)cc1)N(Cc1cccnc1)C(=O)Cc1ccc(C(F)(F)F)cc1. The van der Waals surface area contributed by atoms with Crippen molar-refractivity contribution in [2.24, 2.45) is 0 Å². The largest absolute Gasteiger partial charge is 0.478 e. The average molecular weight is 587 g/mol. The van der Waals surface area contributed by atoms with Crippen molar-refractivity contribution in [1.29, 1.82) is 0 Å². The summed E-state index contributed by atoms with van der Waals surface area (Å²) in [6, 6.07) is 19.6. The van der Waals surface area contributed by atoms with Crippen LogP contribution in [-0.2, 0) is 23.9 Å². The van der Waals surface area contributed by atoms with Crippen LogP contribution in [0.5, 0.6) is 0 Å². The molecule has 5 rings (SSSR count). The lowest BCUT2D eigenvalue weighted by atomic mass is 10.1. The number of amides is 1. The van der Waals surface area contributed by atoms with Crippen LogP contribution in [0.4, 0.5) is 13.2 Å². The molecule has 0 aliphatic carbocycles. The fourth-order valence-corrected chi connectivity index (χ4v) is 4.79. The number of pyridine rings is 1. The smallest absolute Gasteiger partial charge is 0.416 e. The summed E-state index contributed by atoms with van der Waals surface area (Å²) in [6.07, 6.45) is -1.52. The van der Waals surface area contributed by atoms with E-state index in [1.165, 1.54) is 45.9 Å². The van der Waals surface area contributed by atoms with E-state index in [0.717, 1.165) is 12.1 Å². The van der Waals surface area contributed by atoms with E-state index in [1.54, 1.807) is 55.7 Å². The second kappa shape index (κ2) is 11.9. The van der Waals surface area contributed by atoms with Gasteiger partial charge >= 0.3 is 12.1 Å².